The van der Waals surface area contributed by atoms with Crippen LogP contribution in [-0.2, 0) is 15.9 Å². The summed E-state index contributed by atoms with van der Waals surface area (Å²) < 4.78 is 10.3. The Morgan fingerprint density at radius 2 is 2.54 bits per heavy atom. The summed E-state index contributed by atoms with van der Waals surface area (Å²) in [4.78, 5) is 0. The molecule has 1 aliphatic rings. The van der Waals surface area contributed by atoms with Crippen molar-refractivity contribution in [3.05, 3.63) is 18.0 Å². The number of rotatable bonds is 5. The van der Waals surface area contributed by atoms with Gasteiger partial charge in [0.2, 0.25) is 0 Å². The van der Waals surface area contributed by atoms with Crippen LogP contribution in [0.4, 0.5) is 0 Å². The van der Waals surface area contributed by atoms with Crippen molar-refractivity contribution in [2.75, 3.05) is 19.8 Å². The van der Waals surface area contributed by atoms with E-state index in [2.05, 4.69) is 15.4 Å². The lowest BCUT2D eigenvalue weighted by Gasteiger charge is -1.99. The molecule has 1 atom stereocenters. The van der Waals surface area contributed by atoms with E-state index in [1.165, 1.54) is 0 Å². The third-order valence-corrected chi connectivity index (χ3v) is 1.77. The Hall–Kier alpha value is -1.07. The fraction of sp³-hybridized carbons (Fsp3) is 0.625. The number of nitrogens with zero attached hydrogens (tertiary/aromatic N) is 3. The highest BCUT2D eigenvalue weighted by molar-refractivity contribution is 4.94. The van der Waals surface area contributed by atoms with Crippen LogP contribution in [0.3, 0.4) is 0 Å². The molecule has 1 fully saturated rings. The van der Waals surface area contributed by atoms with E-state index in [4.69, 9.17) is 9.47 Å². The number of hydrogen-bond acceptors (Lipinski definition) is 5. The molecule has 1 aliphatic heterocycles. The Morgan fingerprint density at radius 3 is 3.23 bits per heavy atom. The largest absolute Gasteiger partial charge is 0.378 e. The lowest BCUT2D eigenvalue weighted by atomic mass is 10.3. The van der Waals surface area contributed by atoms with Gasteiger partial charge in [0.15, 0.2) is 0 Å². The first-order chi connectivity index (χ1) is 6.45. The predicted molar refractivity (Wildman–Crippen MR) is 44.1 cm³/mol. The molecule has 0 spiro atoms. The van der Waals surface area contributed by atoms with Crippen molar-refractivity contribution in [1.82, 2.24) is 15.4 Å². The van der Waals surface area contributed by atoms with Crippen molar-refractivity contribution in [1.29, 1.82) is 0 Å². The Kier molecular flexibility index (Phi) is 2.79. The molecule has 0 aromatic carbocycles. The predicted octanol–water partition coefficient (Wildman–Crippen LogP) is -0.171. The monoisotopic (exact) mass is 181 g/mol. The van der Waals surface area contributed by atoms with Gasteiger partial charge in [-0.25, -0.2) is 0 Å². The maximum atomic E-state index is 5.35. The average Bonchev–Trinajstić information content (AvgIpc) is 2.98. The van der Waals surface area contributed by atoms with E-state index in [9.17, 15) is 0 Å². The first kappa shape index (κ1) is 8.52. The molecule has 0 saturated carbocycles. The molecule has 0 radical (unpaired) electrons. The van der Waals surface area contributed by atoms with Gasteiger partial charge in [-0.3, -0.25) is 0 Å². The highest BCUT2D eigenvalue weighted by atomic mass is 16.6. The van der Waals surface area contributed by atoms with E-state index < -0.39 is 0 Å². The Labute approximate surface area is 76.1 Å². The summed E-state index contributed by atoms with van der Waals surface area (Å²) in [5.74, 6) is 0. The normalized spacial score (nSPS) is 20.2. The van der Waals surface area contributed by atoms with Crippen molar-refractivity contribution < 1.29 is 9.47 Å². The number of hydrogen-bond donors (Lipinski definition) is 0. The summed E-state index contributed by atoms with van der Waals surface area (Å²) in [6.07, 6.45) is 2.75. The van der Waals surface area contributed by atoms with Crippen LogP contribution in [0, 0.1) is 0 Å². The van der Waals surface area contributed by atoms with Crippen LogP contribution in [0.5, 0.6) is 0 Å². The Balaban J connectivity index is 1.61. The van der Waals surface area contributed by atoms with Crippen molar-refractivity contribution >= 4 is 0 Å². The smallest absolute Gasteiger partial charge is 0.104 e. The zero-order valence-corrected chi connectivity index (χ0v) is 7.22. The molecule has 2 rings (SSSR count). The van der Waals surface area contributed by atoms with Gasteiger partial charge in [-0.15, -0.1) is 10.2 Å². The van der Waals surface area contributed by atoms with Gasteiger partial charge >= 0.3 is 0 Å². The molecule has 0 aliphatic carbocycles. The Morgan fingerprint density at radius 1 is 1.62 bits per heavy atom. The van der Waals surface area contributed by atoms with Gasteiger partial charge in [0.25, 0.3) is 0 Å². The van der Waals surface area contributed by atoms with Crippen LogP contribution >= 0.6 is 0 Å². The molecule has 5 heteroatoms. The topological polar surface area (TPSA) is 60.4 Å². The van der Waals surface area contributed by atoms with Gasteiger partial charge in [0, 0.05) is 6.42 Å². The second-order valence-corrected chi connectivity index (χ2v) is 2.89. The summed E-state index contributed by atoms with van der Waals surface area (Å²) in [7, 11) is 0. The molecule has 1 unspecified atom stereocenters. The minimum Gasteiger partial charge on any atom is -0.378 e. The number of ether oxygens (including phenoxy) is 2. The second kappa shape index (κ2) is 4.25. The third-order valence-electron chi connectivity index (χ3n) is 1.77. The average molecular weight is 181 g/mol. The summed E-state index contributed by atoms with van der Waals surface area (Å²) >= 11 is 0. The maximum absolute atomic E-state index is 5.35. The summed E-state index contributed by atoms with van der Waals surface area (Å²) in [5, 5.41) is 11.0. The van der Waals surface area contributed by atoms with Crippen LogP contribution < -0.4 is 0 Å². The zero-order chi connectivity index (χ0) is 8.93. The van der Waals surface area contributed by atoms with E-state index >= 15 is 0 Å². The number of aromatic nitrogens is 3. The van der Waals surface area contributed by atoms with E-state index in [0.29, 0.717) is 19.3 Å². The van der Waals surface area contributed by atoms with E-state index in [0.717, 1.165) is 18.7 Å². The zero-order valence-electron chi connectivity index (χ0n) is 7.22. The highest BCUT2D eigenvalue weighted by Gasteiger charge is 2.21. The van der Waals surface area contributed by atoms with Crippen molar-refractivity contribution in [2.24, 2.45) is 0 Å². The minimum atomic E-state index is 0.337. The summed E-state index contributed by atoms with van der Waals surface area (Å²) in [6, 6.07) is 1.84. The molecule has 0 N–H and O–H groups in total. The molecule has 0 amide bonds. The lowest BCUT2D eigenvalue weighted by molar-refractivity contribution is 0.118. The van der Waals surface area contributed by atoms with Crippen LogP contribution in [0.1, 0.15) is 5.69 Å². The number of epoxide rings is 1. The van der Waals surface area contributed by atoms with Crippen molar-refractivity contribution in [2.45, 2.75) is 12.5 Å². The van der Waals surface area contributed by atoms with E-state index in [1.54, 1.807) is 6.20 Å². The van der Waals surface area contributed by atoms with Crippen LogP contribution in [0.2, 0.25) is 0 Å². The van der Waals surface area contributed by atoms with Gasteiger partial charge in [-0.05, 0) is 11.3 Å². The van der Waals surface area contributed by atoms with E-state index in [1.807, 2.05) is 6.07 Å². The third kappa shape index (κ3) is 3.04. The molecule has 5 nitrogen and oxygen atoms in total. The van der Waals surface area contributed by atoms with Gasteiger partial charge in [0.1, 0.15) is 6.10 Å². The minimum absolute atomic E-state index is 0.337. The first-order valence-corrected chi connectivity index (χ1v) is 4.28. The molecule has 1 saturated heterocycles. The Bertz CT molecular complexity index is 251. The highest BCUT2D eigenvalue weighted by Crippen LogP contribution is 2.08. The van der Waals surface area contributed by atoms with Gasteiger partial charge in [0.05, 0.1) is 31.7 Å². The van der Waals surface area contributed by atoms with Gasteiger partial charge < -0.3 is 9.47 Å². The maximum Gasteiger partial charge on any atom is 0.104 e. The fourth-order valence-corrected chi connectivity index (χ4v) is 0.955. The second-order valence-electron chi connectivity index (χ2n) is 2.89. The van der Waals surface area contributed by atoms with E-state index in [-0.39, 0.29) is 0 Å². The summed E-state index contributed by atoms with van der Waals surface area (Å²) in [6.45, 7) is 2.20. The lowest BCUT2D eigenvalue weighted by Crippen LogP contribution is -2.06. The molecule has 1 aromatic heterocycles. The van der Waals surface area contributed by atoms with Crippen LogP contribution in [0.15, 0.2) is 12.3 Å². The standard InChI is InChI=1S/C8H11N3O2/c1-3-9-11-10-7(1)2-4-12-5-8-6-13-8/h1,3,8H,2,4-6H2. The van der Waals surface area contributed by atoms with Crippen LogP contribution in [-0.4, -0.2) is 41.3 Å². The molecule has 0 bridgehead atoms. The SMILES string of the molecule is c1cc(CCOCC2CO2)nnn1. The van der Waals surface area contributed by atoms with Crippen LogP contribution in [0.25, 0.3) is 0 Å². The first-order valence-electron chi connectivity index (χ1n) is 4.28. The quantitative estimate of drug-likeness (QED) is 0.466. The molecule has 2 heterocycles. The molecular weight excluding hydrogens is 170 g/mol. The summed E-state index contributed by atoms with van der Waals surface area (Å²) in [5.41, 5.74) is 0.909. The molecular formula is C8H11N3O2. The van der Waals surface area contributed by atoms with Crippen molar-refractivity contribution in [3.8, 4) is 0 Å². The van der Waals surface area contributed by atoms with Crippen molar-refractivity contribution in [3.63, 3.8) is 0 Å². The fourth-order valence-electron chi connectivity index (χ4n) is 0.955. The molecule has 13 heavy (non-hydrogen) atoms. The molecule has 1 aromatic rings. The molecule has 70 valence electrons. The van der Waals surface area contributed by atoms with Gasteiger partial charge in [-0.2, -0.15) is 0 Å². The van der Waals surface area contributed by atoms with Gasteiger partial charge in [-0.1, -0.05) is 0 Å².